The molecular formula is C16H12Cl2F3NO2. The topological polar surface area (TPSA) is 38.3 Å². The summed E-state index contributed by atoms with van der Waals surface area (Å²) < 4.78 is 42.8. The van der Waals surface area contributed by atoms with Crippen molar-refractivity contribution in [1.82, 2.24) is 0 Å². The molecule has 0 saturated carbocycles. The van der Waals surface area contributed by atoms with Crippen molar-refractivity contribution < 1.29 is 22.7 Å². The first kappa shape index (κ1) is 18.4. The molecule has 0 aromatic heterocycles. The standard InChI is InChI=1S/C16H12Cl2F3NO2/c1-2-24-14-12(17)7-9(8-13(14)18)15(23)22-11-5-3-10(4-6-11)16(19,20)21/h3-8H,2H2,1H3,(H,22,23). The Hall–Kier alpha value is -1.92. The number of alkyl halides is 3. The highest BCUT2D eigenvalue weighted by atomic mass is 35.5. The molecule has 0 aliphatic carbocycles. The van der Waals surface area contributed by atoms with E-state index >= 15 is 0 Å². The number of halogens is 5. The zero-order valence-corrected chi connectivity index (χ0v) is 13.9. The third-order valence-electron chi connectivity index (χ3n) is 3.02. The molecule has 3 nitrogen and oxygen atoms in total. The van der Waals surface area contributed by atoms with Crippen molar-refractivity contribution >= 4 is 34.8 Å². The van der Waals surface area contributed by atoms with Crippen LogP contribution >= 0.6 is 23.2 Å². The average Bonchev–Trinajstić information content (AvgIpc) is 2.50. The van der Waals surface area contributed by atoms with E-state index in [0.29, 0.717) is 6.61 Å². The van der Waals surface area contributed by atoms with Gasteiger partial charge in [-0.05, 0) is 43.3 Å². The summed E-state index contributed by atoms with van der Waals surface area (Å²) in [7, 11) is 0. The number of ether oxygens (including phenoxy) is 1. The normalized spacial score (nSPS) is 11.2. The van der Waals surface area contributed by atoms with Gasteiger partial charge in [0.1, 0.15) is 0 Å². The quantitative estimate of drug-likeness (QED) is 0.745. The molecule has 0 saturated heterocycles. The van der Waals surface area contributed by atoms with Gasteiger partial charge < -0.3 is 10.1 Å². The van der Waals surface area contributed by atoms with Crippen molar-refractivity contribution in [1.29, 1.82) is 0 Å². The Bertz CT molecular complexity index is 723. The summed E-state index contributed by atoms with van der Waals surface area (Å²) in [6.45, 7) is 2.12. The molecule has 24 heavy (non-hydrogen) atoms. The van der Waals surface area contributed by atoms with E-state index in [4.69, 9.17) is 27.9 Å². The van der Waals surface area contributed by atoms with E-state index in [1.165, 1.54) is 24.3 Å². The Morgan fingerprint density at radius 2 is 1.67 bits per heavy atom. The van der Waals surface area contributed by atoms with Gasteiger partial charge >= 0.3 is 6.18 Å². The first-order valence-corrected chi connectivity index (χ1v) is 7.58. The van der Waals surface area contributed by atoms with Crippen LogP contribution in [0.3, 0.4) is 0 Å². The van der Waals surface area contributed by atoms with Crippen molar-refractivity contribution in [3.8, 4) is 5.75 Å². The lowest BCUT2D eigenvalue weighted by atomic mass is 10.1. The third kappa shape index (κ3) is 4.33. The van der Waals surface area contributed by atoms with Gasteiger partial charge in [-0.25, -0.2) is 0 Å². The second-order valence-electron chi connectivity index (χ2n) is 4.73. The molecule has 0 atom stereocenters. The van der Waals surface area contributed by atoms with Crippen molar-refractivity contribution in [3.63, 3.8) is 0 Å². The number of carbonyl (C=O) groups is 1. The van der Waals surface area contributed by atoms with E-state index in [1.807, 2.05) is 0 Å². The zero-order chi connectivity index (χ0) is 17.9. The lowest BCUT2D eigenvalue weighted by Gasteiger charge is -2.11. The molecule has 0 unspecified atom stereocenters. The van der Waals surface area contributed by atoms with Crippen LogP contribution in [0.2, 0.25) is 10.0 Å². The van der Waals surface area contributed by atoms with Crippen LogP contribution in [0.25, 0.3) is 0 Å². The van der Waals surface area contributed by atoms with Gasteiger partial charge in [-0.2, -0.15) is 13.2 Å². The first-order chi connectivity index (χ1) is 11.2. The molecule has 0 spiro atoms. The summed E-state index contributed by atoms with van der Waals surface area (Å²) in [5.41, 5.74) is -0.421. The van der Waals surface area contributed by atoms with E-state index in [1.54, 1.807) is 6.92 Å². The molecule has 2 aromatic carbocycles. The summed E-state index contributed by atoms with van der Waals surface area (Å²) in [5, 5.41) is 2.82. The monoisotopic (exact) mass is 377 g/mol. The van der Waals surface area contributed by atoms with Gasteiger partial charge in [-0.3, -0.25) is 4.79 Å². The third-order valence-corrected chi connectivity index (χ3v) is 3.58. The van der Waals surface area contributed by atoms with E-state index in [-0.39, 0.29) is 27.0 Å². The average molecular weight is 378 g/mol. The van der Waals surface area contributed by atoms with E-state index in [0.717, 1.165) is 12.1 Å². The highest BCUT2D eigenvalue weighted by Crippen LogP contribution is 2.34. The van der Waals surface area contributed by atoms with Crippen LogP contribution in [0, 0.1) is 0 Å². The maximum absolute atomic E-state index is 12.5. The van der Waals surface area contributed by atoms with Gasteiger partial charge in [0.25, 0.3) is 5.91 Å². The number of hydrogen-bond donors (Lipinski definition) is 1. The van der Waals surface area contributed by atoms with Gasteiger partial charge in [0.2, 0.25) is 0 Å². The maximum Gasteiger partial charge on any atom is 0.416 e. The zero-order valence-electron chi connectivity index (χ0n) is 12.4. The minimum absolute atomic E-state index is 0.161. The van der Waals surface area contributed by atoms with Crippen LogP contribution in [0.4, 0.5) is 18.9 Å². The van der Waals surface area contributed by atoms with E-state index in [9.17, 15) is 18.0 Å². The molecule has 0 radical (unpaired) electrons. The number of benzene rings is 2. The van der Waals surface area contributed by atoms with Gasteiger partial charge in [-0.15, -0.1) is 0 Å². The fourth-order valence-electron chi connectivity index (χ4n) is 1.92. The summed E-state index contributed by atoms with van der Waals surface area (Å²) >= 11 is 12.0. The summed E-state index contributed by atoms with van der Waals surface area (Å²) in [6.07, 6.45) is -4.43. The number of nitrogens with one attached hydrogen (secondary N) is 1. The van der Waals surface area contributed by atoms with Crippen LogP contribution < -0.4 is 10.1 Å². The predicted octanol–water partition coefficient (Wildman–Crippen LogP) is 5.66. The largest absolute Gasteiger partial charge is 0.491 e. The second-order valence-corrected chi connectivity index (χ2v) is 5.55. The highest BCUT2D eigenvalue weighted by Gasteiger charge is 2.30. The highest BCUT2D eigenvalue weighted by molar-refractivity contribution is 6.37. The molecule has 1 N–H and O–H groups in total. The van der Waals surface area contributed by atoms with E-state index in [2.05, 4.69) is 5.32 Å². The molecule has 0 heterocycles. The number of amides is 1. The van der Waals surface area contributed by atoms with Crippen molar-refractivity contribution in [2.45, 2.75) is 13.1 Å². The predicted molar refractivity (Wildman–Crippen MR) is 87.0 cm³/mol. The smallest absolute Gasteiger partial charge is 0.416 e. The lowest BCUT2D eigenvalue weighted by Crippen LogP contribution is -2.12. The minimum atomic E-state index is -4.43. The van der Waals surface area contributed by atoms with Crippen molar-refractivity contribution in [2.75, 3.05) is 11.9 Å². The van der Waals surface area contributed by atoms with Crippen LogP contribution in [-0.2, 0) is 6.18 Å². The molecule has 128 valence electrons. The minimum Gasteiger partial charge on any atom is -0.491 e. The molecule has 2 rings (SSSR count). The second kappa shape index (κ2) is 7.32. The SMILES string of the molecule is CCOc1c(Cl)cc(C(=O)Nc2ccc(C(F)(F)F)cc2)cc1Cl. The fourth-order valence-corrected chi connectivity index (χ4v) is 2.52. The summed E-state index contributed by atoms with van der Waals surface area (Å²) in [4.78, 5) is 12.2. The van der Waals surface area contributed by atoms with Crippen LogP contribution in [0.1, 0.15) is 22.8 Å². The van der Waals surface area contributed by atoms with E-state index < -0.39 is 17.6 Å². The molecular weight excluding hydrogens is 366 g/mol. The van der Waals surface area contributed by atoms with Crippen molar-refractivity contribution in [2.24, 2.45) is 0 Å². The van der Waals surface area contributed by atoms with Gasteiger partial charge in [0.05, 0.1) is 22.2 Å². The lowest BCUT2D eigenvalue weighted by molar-refractivity contribution is -0.137. The molecule has 0 fully saturated rings. The summed E-state index contributed by atoms with van der Waals surface area (Å²) in [6, 6.07) is 6.84. The fraction of sp³-hybridized carbons (Fsp3) is 0.188. The Balaban J connectivity index is 2.18. The Morgan fingerprint density at radius 1 is 1.12 bits per heavy atom. The number of carbonyl (C=O) groups excluding carboxylic acids is 1. The molecule has 0 bridgehead atoms. The maximum atomic E-state index is 12.5. The molecule has 0 aliphatic rings. The number of rotatable bonds is 4. The number of hydrogen-bond acceptors (Lipinski definition) is 2. The molecule has 2 aromatic rings. The molecule has 1 amide bonds. The molecule has 0 aliphatic heterocycles. The van der Waals surface area contributed by atoms with Gasteiger partial charge in [0.15, 0.2) is 5.75 Å². The van der Waals surface area contributed by atoms with Crippen LogP contribution in [0.5, 0.6) is 5.75 Å². The van der Waals surface area contributed by atoms with Crippen LogP contribution in [-0.4, -0.2) is 12.5 Å². The molecule has 8 heteroatoms. The van der Waals surface area contributed by atoms with Gasteiger partial charge in [-0.1, -0.05) is 23.2 Å². The van der Waals surface area contributed by atoms with Crippen LogP contribution in [0.15, 0.2) is 36.4 Å². The summed E-state index contributed by atoms with van der Waals surface area (Å²) in [5.74, 6) is -0.284. The van der Waals surface area contributed by atoms with Gasteiger partial charge in [0, 0.05) is 11.3 Å². The van der Waals surface area contributed by atoms with Crippen molar-refractivity contribution in [3.05, 3.63) is 57.6 Å². The Morgan fingerprint density at radius 3 is 2.12 bits per heavy atom. The Labute approximate surface area is 146 Å². The Kier molecular flexibility index (Phi) is 5.62. The number of anilines is 1. The first-order valence-electron chi connectivity index (χ1n) is 6.83.